The molecule has 1 aromatic rings. The van der Waals surface area contributed by atoms with Crippen molar-refractivity contribution in [1.82, 2.24) is 10.2 Å². The van der Waals surface area contributed by atoms with Crippen molar-refractivity contribution in [3.63, 3.8) is 0 Å². The van der Waals surface area contributed by atoms with Crippen LogP contribution in [-0.2, 0) is 17.8 Å². The van der Waals surface area contributed by atoms with Crippen LogP contribution in [0.2, 0.25) is 0 Å². The third-order valence-corrected chi connectivity index (χ3v) is 5.80. The van der Waals surface area contributed by atoms with Crippen LogP contribution in [0.1, 0.15) is 50.8 Å². The zero-order valence-corrected chi connectivity index (χ0v) is 18.0. The van der Waals surface area contributed by atoms with Gasteiger partial charge in [-0.05, 0) is 72.3 Å². The molecule has 1 amide bonds. The van der Waals surface area contributed by atoms with Crippen LogP contribution in [0.5, 0.6) is 0 Å². The molecule has 0 spiro atoms. The number of halogens is 1. The van der Waals surface area contributed by atoms with Gasteiger partial charge in [0.25, 0.3) is 5.91 Å². The molecule has 1 aliphatic rings. The van der Waals surface area contributed by atoms with E-state index in [0.29, 0.717) is 12.1 Å². The first kappa shape index (κ1) is 20.5. The normalized spacial score (nSPS) is 14.8. The Morgan fingerprint density at radius 1 is 1.31 bits per heavy atom. The molecule has 2 rings (SSSR count). The van der Waals surface area contributed by atoms with Crippen LogP contribution >= 0.6 is 15.9 Å². The highest BCUT2D eigenvalue weighted by Gasteiger charge is 2.25. The molecule has 3 nitrogen and oxygen atoms in total. The average Bonchev–Trinajstić information content (AvgIpc) is 2.60. The molecular weight excluding hydrogens is 388 g/mol. The Balaban J connectivity index is 2.14. The first-order valence-corrected chi connectivity index (χ1v) is 9.98. The lowest BCUT2D eigenvalue weighted by Crippen LogP contribution is -2.32. The van der Waals surface area contributed by atoms with Gasteiger partial charge in [0.05, 0.1) is 5.57 Å². The van der Waals surface area contributed by atoms with Gasteiger partial charge in [-0.3, -0.25) is 4.79 Å². The van der Waals surface area contributed by atoms with Gasteiger partial charge in [0.15, 0.2) is 0 Å². The fraction of sp³-hybridized carbons (Fsp3) is 0.409. The van der Waals surface area contributed by atoms with Crippen molar-refractivity contribution in [1.29, 1.82) is 0 Å². The third kappa shape index (κ3) is 4.47. The van der Waals surface area contributed by atoms with Crippen LogP contribution in [0.3, 0.4) is 0 Å². The van der Waals surface area contributed by atoms with Gasteiger partial charge in [-0.2, -0.15) is 0 Å². The van der Waals surface area contributed by atoms with Crippen molar-refractivity contribution in [3.8, 4) is 0 Å². The van der Waals surface area contributed by atoms with E-state index in [4.69, 9.17) is 0 Å². The SMILES string of the molecule is C=C1C(C(=O)NCc2ccc(C)c(CCC)c2)=CN(C(C)C)C(C)=C1Br. The molecule has 0 saturated carbocycles. The van der Waals surface area contributed by atoms with E-state index in [1.807, 2.05) is 13.1 Å². The quantitative estimate of drug-likeness (QED) is 0.677. The molecule has 26 heavy (non-hydrogen) atoms. The van der Waals surface area contributed by atoms with Gasteiger partial charge in [0.2, 0.25) is 0 Å². The van der Waals surface area contributed by atoms with E-state index in [2.05, 4.69) is 78.6 Å². The molecule has 0 radical (unpaired) electrons. The summed E-state index contributed by atoms with van der Waals surface area (Å²) in [6.45, 7) is 15.2. The first-order chi connectivity index (χ1) is 12.3. The number of aryl methyl sites for hydroxylation is 2. The smallest absolute Gasteiger partial charge is 0.253 e. The Labute approximate surface area is 166 Å². The summed E-state index contributed by atoms with van der Waals surface area (Å²) in [4.78, 5) is 14.9. The number of nitrogens with zero attached hydrogens (tertiary/aromatic N) is 1. The maximum Gasteiger partial charge on any atom is 0.253 e. The fourth-order valence-electron chi connectivity index (χ4n) is 3.15. The highest BCUT2D eigenvalue weighted by Crippen LogP contribution is 2.34. The Morgan fingerprint density at radius 2 is 2.00 bits per heavy atom. The van der Waals surface area contributed by atoms with Crippen LogP contribution in [0, 0.1) is 6.92 Å². The second kappa shape index (κ2) is 8.72. The molecule has 1 heterocycles. The van der Waals surface area contributed by atoms with Crippen LogP contribution in [0.4, 0.5) is 0 Å². The van der Waals surface area contributed by atoms with Crippen molar-refractivity contribution in [3.05, 3.63) is 69.0 Å². The summed E-state index contributed by atoms with van der Waals surface area (Å²) in [6.07, 6.45) is 4.09. The number of carbonyl (C=O) groups excluding carboxylic acids is 1. The molecule has 1 aliphatic heterocycles. The van der Waals surface area contributed by atoms with Crippen molar-refractivity contribution in [2.45, 2.75) is 60.0 Å². The van der Waals surface area contributed by atoms with Crippen LogP contribution < -0.4 is 5.32 Å². The fourth-order valence-corrected chi connectivity index (χ4v) is 3.57. The predicted octanol–water partition coefficient (Wildman–Crippen LogP) is 5.35. The monoisotopic (exact) mass is 416 g/mol. The van der Waals surface area contributed by atoms with Crippen molar-refractivity contribution < 1.29 is 4.79 Å². The van der Waals surface area contributed by atoms with Crippen molar-refractivity contribution in [2.75, 3.05) is 0 Å². The highest BCUT2D eigenvalue weighted by atomic mass is 79.9. The van der Waals surface area contributed by atoms with Gasteiger partial charge in [-0.25, -0.2) is 0 Å². The van der Waals surface area contributed by atoms with E-state index >= 15 is 0 Å². The molecule has 140 valence electrons. The Bertz CT molecular complexity index is 774. The van der Waals surface area contributed by atoms with Gasteiger partial charge in [0, 0.05) is 29.0 Å². The standard InChI is InChI=1S/C22H29BrN2O/c1-7-8-19-11-18(10-9-15(19)4)12-24-22(26)20-13-25(14(2)3)17(6)21(23)16(20)5/h9-11,13-14H,5,7-8,12H2,1-4,6H3,(H,24,26). The number of rotatable bonds is 6. The third-order valence-electron chi connectivity index (χ3n) is 4.75. The minimum absolute atomic E-state index is 0.0947. The number of carbonyl (C=O) groups is 1. The van der Waals surface area contributed by atoms with Crippen molar-refractivity contribution in [2.24, 2.45) is 0 Å². The molecule has 0 aliphatic carbocycles. The zero-order valence-electron chi connectivity index (χ0n) is 16.4. The number of allylic oxidation sites excluding steroid dienone is 2. The molecule has 4 heteroatoms. The summed E-state index contributed by atoms with van der Waals surface area (Å²) >= 11 is 3.58. The largest absolute Gasteiger partial charge is 0.348 e. The maximum atomic E-state index is 12.8. The molecule has 1 aromatic carbocycles. The number of benzene rings is 1. The summed E-state index contributed by atoms with van der Waals surface area (Å²) in [6, 6.07) is 6.68. The van der Waals surface area contributed by atoms with E-state index < -0.39 is 0 Å². The molecule has 0 aromatic heterocycles. The maximum absolute atomic E-state index is 12.8. The summed E-state index contributed by atoms with van der Waals surface area (Å²) in [5.74, 6) is -0.0947. The van der Waals surface area contributed by atoms with Crippen LogP contribution in [0.15, 0.2) is 52.3 Å². The summed E-state index contributed by atoms with van der Waals surface area (Å²) < 4.78 is 0.888. The molecule has 0 bridgehead atoms. The molecule has 0 atom stereocenters. The van der Waals surface area contributed by atoms with Crippen LogP contribution in [-0.4, -0.2) is 16.8 Å². The highest BCUT2D eigenvalue weighted by molar-refractivity contribution is 9.12. The minimum Gasteiger partial charge on any atom is -0.348 e. The van der Waals surface area contributed by atoms with Crippen LogP contribution in [0.25, 0.3) is 0 Å². The summed E-state index contributed by atoms with van der Waals surface area (Å²) in [7, 11) is 0. The second-order valence-corrected chi connectivity index (χ2v) is 7.91. The zero-order chi connectivity index (χ0) is 19.4. The van der Waals surface area contributed by atoms with E-state index in [0.717, 1.165) is 34.2 Å². The average molecular weight is 417 g/mol. The minimum atomic E-state index is -0.0947. The van der Waals surface area contributed by atoms with Gasteiger partial charge in [-0.15, -0.1) is 0 Å². The molecular formula is C22H29BrN2O. The van der Waals surface area contributed by atoms with Gasteiger partial charge in [0.1, 0.15) is 0 Å². The molecule has 0 saturated heterocycles. The molecule has 0 unspecified atom stereocenters. The second-order valence-electron chi connectivity index (χ2n) is 7.12. The van der Waals surface area contributed by atoms with E-state index in [1.54, 1.807) is 0 Å². The van der Waals surface area contributed by atoms with E-state index in [1.165, 1.54) is 11.1 Å². The summed E-state index contributed by atoms with van der Waals surface area (Å²) in [5.41, 5.74) is 6.20. The van der Waals surface area contributed by atoms with E-state index in [-0.39, 0.29) is 11.9 Å². The topological polar surface area (TPSA) is 32.3 Å². The first-order valence-electron chi connectivity index (χ1n) is 9.19. The van der Waals surface area contributed by atoms with Gasteiger partial charge < -0.3 is 10.2 Å². The van der Waals surface area contributed by atoms with Crippen molar-refractivity contribution >= 4 is 21.8 Å². The van der Waals surface area contributed by atoms with Gasteiger partial charge >= 0.3 is 0 Å². The molecule has 1 N–H and O–H groups in total. The van der Waals surface area contributed by atoms with Gasteiger partial charge in [-0.1, -0.05) is 38.1 Å². The molecule has 0 fully saturated rings. The Morgan fingerprint density at radius 3 is 2.62 bits per heavy atom. The summed E-state index contributed by atoms with van der Waals surface area (Å²) in [5, 5.41) is 3.04. The van der Waals surface area contributed by atoms with E-state index in [9.17, 15) is 4.79 Å². The number of amides is 1. The predicted molar refractivity (Wildman–Crippen MR) is 113 cm³/mol. The Kier molecular flexibility index (Phi) is 6.87. The Hall–Kier alpha value is -1.81. The lowest BCUT2D eigenvalue weighted by atomic mass is 10.0. The number of hydrogen-bond donors (Lipinski definition) is 1. The number of hydrogen-bond acceptors (Lipinski definition) is 2. The number of nitrogens with one attached hydrogen (secondary N) is 1. The lowest BCUT2D eigenvalue weighted by Gasteiger charge is -2.32. The lowest BCUT2D eigenvalue weighted by molar-refractivity contribution is -0.117.